The second-order valence-electron chi connectivity index (χ2n) is 12.2. The molecule has 0 radical (unpaired) electrons. The maximum atomic E-state index is 12.8. The molecule has 0 saturated carbocycles. The smallest absolute Gasteiger partial charge is 0.350 e. The molecule has 1 fully saturated rings. The van der Waals surface area contributed by atoms with E-state index in [-0.39, 0.29) is 18.3 Å². The molecule has 2 unspecified atom stereocenters. The van der Waals surface area contributed by atoms with Gasteiger partial charge in [0.2, 0.25) is 0 Å². The van der Waals surface area contributed by atoms with Gasteiger partial charge in [0.25, 0.3) is 0 Å². The second kappa shape index (κ2) is 13.1. The van der Waals surface area contributed by atoms with Gasteiger partial charge >= 0.3 is 5.69 Å². The average Bonchev–Trinajstić information content (AvgIpc) is 3.84. The summed E-state index contributed by atoms with van der Waals surface area (Å²) in [5.74, 6) is 0.753. The molecule has 2 atom stereocenters. The fourth-order valence-corrected chi connectivity index (χ4v) is 7.16. The second-order valence-corrected chi connectivity index (χ2v) is 13.0. The first-order chi connectivity index (χ1) is 22.8. The Labute approximate surface area is 283 Å². The molecule has 47 heavy (non-hydrogen) atoms. The van der Waals surface area contributed by atoms with Gasteiger partial charge in [0, 0.05) is 65.6 Å². The van der Waals surface area contributed by atoms with Crippen LogP contribution in [0.4, 0.5) is 11.4 Å². The molecule has 4 heterocycles. The van der Waals surface area contributed by atoms with E-state index in [1.165, 1.54) is 0 Å². The van der Waals surface area contributed by atoms with Crippen molar-refractivity contribution in [3.8, 4) is 11.4 Å². The fraction of sp³-hybridized carbons (Fsp3) is 0.343. The van der Waals surface area contributed by atoms with Gasteiger partial charge in [0.05, 0.1) is 24.9 Å². The van der Waals surface area contributed by atoms with Crippen LogP contribution in [0.15, 0.2) is 90.2 Å². The van der Waals surface area contributed by atoms with Crippen LogP contribution < -0.4 is 20.2 Å². The molecule has 7 rings (SSSR count). The Morgan fingerprint density at radius 1 is 0.936 bits per heavy atom. The van der Waals surface area contributed by atoms with Gasteiger partial charge in [-0.05, 0) is 85.6 Å². The Balaban J connectivity index is 0.978. The molecule has 0 amide bonds. The molecule has 2 aliphatic heterocycles. The molecule has 3 aromatic carbocycles. The van der Waals surface area contributed by atoms with Crippen molar-refractivity contribution >= 4 is 34.6 Å². The first kappa shape index (κ1) is 31.4. The lowest BCUT2D eigenvalue weighted by molar-refractivity contribution is -0.0806. The van der Waals surface area contributed by atoms with Crippen molar-refractivity contribution in [3.05, 3.63) is 117 Å². The zero-order valence-corrected chi connectivity index (χ0v) is 27.9. The normalized spacial score (nSPS) is 18.4. The van der Waals surface area contributed by atoms with Gasteiger partial charge in [-0.25, -0.2) is 14.0 Å². The molecular weight excluding hydrogens is 637 g/mol. The summed E-state index contributed by atoms with van der Waals surface area (Å²) >= 11 is 13.0. The van der Waals surface area contributed by atoms with Gasteiger partial charge in [-0.2, -0.15) is 10.2 Å². The number of fused-ring (bicyclic) bond motifs is 1. The highest BCUT2D eigenvalue weighted by Gasteiger charge is 2.44. The van der Waals surface area contributed by atoms with Gasteiger partial charge in [0.1, 0.15) is 24.3 Å². The van der Waals surface area contributed by atoms with E-state index in [4.69, 9.17) is 32.7 Å². The third kappa shape index (κ3) is 6.25. The Morgan fingerprint density at radius 3 is 2.23 bits per heavy atom. The molecule has 0 spiro atoms. The zero-order chi connectivity index (χ0) is 32.5. The Bertz CT molecular complexity index is 1880. The highest BCUT2D eigenvalue weighted by molar-refractivity contribution is 6.35. The lowest BCUT2D eigenvalue weighted by atomic mass is 9.92. The number of hydrogen-bond acceptors (Lipinski definition) is 7. The van der Waals surface area contributed by atoms with E-state index in [9.17, 15) is 4.79 Å². The summed E-state index contributed by atoms with van der Waals surface area (Å²) < 4.78 is 17.7. The first-order valence-electron chi connectivity index (χ1n) is 15.9. The van der Waals surface area contributed by atoms with Crippen LogP contribution >= 0.6 is 23.2 Å². The number of benzene rings is 3. The van der Waals surface area contributed by atoms with E-state index in [2.05, 4.69) is 51.2 Å². The first-order valence-corrected chi connectivity index (χ1v) is 16.7. The summed E-state index contributed by atoms with van der Waals surface area (Å²) in [6, 6.07) is 22.0. The van der Waals surface area contributed by atoms with E-state index in [0.717, 1.165) is 66.5 Å². The molecular formula is C35H37Cl2N7O3. The zero-order valence-electron chi connectivity index (χ0n) is 26.4. The number of nitrogens with zero attached hydrogens (tertiary/aromatic N) is 7. The van der Waals surface area contributed by atoms with E-state index in [1.807, 2.05) is 54.2 Å². The maximum absolute atomic E-state index is 12.8. The topological polar surface area (TPSA) is 82.6 Å². The van der Waals surface area contributed by atoms with E-state index >= 15 is 0 Å². The Kier molecular flexibility index (Phi) is 8.74. The van der Waals surface area contributed by atoms with Crippen molar-refractivity contribution in [2.24, 2.45) is 0 Å². The maximum Gasteiger partial charge on any atom is 0.350 e. The van der Waals surface area contributed by atoms with Crippen molar-refractivity contribution in [3.63, 3.8) is 0 Å². The third-order valence-corrected chi connectivity index (χ3v) is 9.74. The van der Waals surface area contributed by atoms with E-state index in [1.54, 1.807) is 27.8 Å². The summed E-state index contributed by atoms with van der Waals surface area (Å²) in [5.41, 5.74) is 4.05. The average molecular weight is 675 g/mol. The molecule has 2 aliphatic rings. The highest BCUT2D eigenvalue weighted by atomic mass is 35.5. The van der Waals surface area contributed by atoms with Crippen LogP contribution in [0.5, 0.6) is 5.75 Å². The third-order valence-electron chi connectivity index (χ3n) is 9.22. The van der Waals surface area contributed by atoms with Crippen molar-refractivity contribution in [2.45, 2.75) is 45.1 Å². The van der Waals surface area contributed by atoms with Crippen LogP contribution in [0.2, 0.25) is 10.0 Å². The van der Waals surface area contributed by atoms with Gasteiger partial charge in [0.15, 0.2) is 0 Å². The Morgan fingerprint density at radius 2 is 1.60 bits per heavy atom. The van der Waals surface area contributed by atoms with Gasteiger partial charge in [-0.3, -0.25) is 4.68 Å². The molecule has 10 nitrogen and oxygen atoms in total. The van der Waals surface area contributed by atoms with E-state index < -0.39 is 5.60 Å². The van der Waals surface area contributed by atoms with Crippen LogP contribution in [-0.2, 0) is 23.5 Å². The van der Waals surface area contributed by atoms with Crippen molar-refractivity contribution in [1.29, 1.82) is 0 Å². The van der Waals surface area contributed by atoms with Crippen molar-refractivity contribution in [1.82, 2.24) is 24.1 Å². The molecule has 0 N–H and O–H groups in total. The molecule has 0 aliphatic carbocycles. The predicted molar refractivity (Wildman–Crippen MR) is 184 cm³/mol. The molecule has 0 bridgehead atoms. The number of piperazine rings is 1. The number of ether oxygens (including phenoxy) is 2. The van der Waals surface area contributed by atoms with Crippen LogP contribution in [0.25, 0.3) is 5.69 Å². The number of anilines is 2. The number of halogens is 2. The van der Waals surface area contributed by atoms with Crippen LogP contribution in [0, 0.1) is 0 Å². The largest absolute Gasteiger partial charge is 0.490 e. The summed E-state index contributed by atoms with van der Waals surface area (Å²) in [6.45, 7) is 8.75. The van der Waals surface area contributed by atoms with Gasteiger partial charge in [-0.15, -0.1) is 0 Å². The predicted octanol–water partition coefficient (Wildman–Crippen LogP) is 6.34. The van der Waals surface area contributed by atoms with Crippen LogP contribution in [0.3, 0.4) is 0 Å². The Hall–Kier alpha value is -4.25. The number of rotatable bonds is 10. The molecule has 1 saturated heterocycles. The van der Waals surface area contributed by atoms with Crippen molar-refractivity contribution < 1.29 is 9.47 Å². The fourth-order valence-electron chi connectivity index (χ4n) is 6.45. The quantitative estimate of drug-likeness (QED) is 0.171. The summed E-state index contributed by atoms with van der Waals surface area (Å²) in [5, 5.41) is 9.86. The highest BCUT2D eigenvalue weighted by Crippen LogP contribution is 2.44. The minimum absolute atomic E-state index is 0.0677. The molecule has 2 aromatic heterocycles. The number of hydrogen-bond donors (Lipinski definition) is 0. The van der Waals surface area contributed by atoms with Gasteiger partial charge in [-0.1, -0.05) is 30.1 Å². The SMILES string of the molecule is CCC(C)n1ncn(-c2ccc(N3CCN(c4ccc(OCC5(Cn6cccn6)OCc6cc(Cl)cc(Cl)c65)cc4)CC3)cc2)c1=O. The monoisotopic (exact) mass is 673 g/mol. The van der Waals surface area contributed by atoms with E-state index in [0.29, 0.717) is 23.2 Å². The standard InChI is InChI=1S/C35H37Cl2N7O3/c1-3-25(2)44-34(45)43(24-39-44)30-7-5-28(6-8-30)40-15-17-41(18-16-40)29-9-11-31(12-10-29)46-23-35(22-42-14-4-13-38-42)33-26(21-47-35)19-27(36)20-32(33)37/h4-14,19-20,24-25H,3,15-18,21-23H2,1-2H3. The summed E-state index contributed by atoms with van der Waals surface area (Å²) in [7, 11) is 0. The molecule has 12 heteroatoms. The summed E-state index contributed by atoms with van der Waals surface area (Å²) in [6.07, 6.45) is 6.11. The number of aromatic nitrogens is 5. The molecule has 5 aromatic rings. The minimum Gasteiger partial charge on any atom is -0.490 e. The van der Waals surface area contributed by atoms with Gasteiger partial charge < -0.3 is 19.3 Å². The van der Waals surface area contributed by atoms with Crippen LogP contribution in [-0.4, -0.2) is 56.9 Å². The minimum atomic E-state index is -0.804. The lowest BCUT2D eigenvalue weighted by Crippen LogP contribution is -2.46. The van der Waals surface area contributed by atoms with Crippen LogP contribution in [0.1, 0.15) is 37.4 Å². The van der Waals surface area contributed by atoms with Crippen molar-refractivity contribution in [2.75, 3.05) is 42.6 Å². The summed E-state index contributed by atoms with van der Waals surface area (Å²) in [4.78, 5) is 17.6. The lowest BCUT2D eigenvalue weighted by Gasteiger charge is -2.37. The molecule has 244 valence electrons.